The SMILES string of the molecule is CC(Nc1ccc2[nH]c(=O)[nH]c2c1)c1ccc(Br)cc1. The normalized spacial score (nSPS) is 12.5. The van der Waals surface area contributed by atoms with Crippen molar-refractivity contribution in [1.82, 2.24) is 9.97 Å². The Morgan fingerprint density at radius 2 is 1.75 bits per heavy atom. The second-order valence-corrected chi connectivity index (χ2v) is 5.67. The van der Waals surface area contributed by atoms with Crippen molar-refractivity contribution in [3.05, 3.63) is 63.0 Å². The summed E-state index contributed by atoms with van der Waals surface area (Å²) in [7, 11) is 0. The van der Waals surface area contributed by atoms with Crippen molar-refractivity contribution in [2.75, 3.05) is 5.32 Å². The molecule has 0 aliphatic heterocycles. The molecule has 2 aromatic carbocycles. The predicted octanol–water partition coefficient (Wildman–Crippen LogP) is 3.79. The molecule has 1 unspecified atom stereocenters. The molecule has 3 aromatic rings. The van der Waals surface area contributed by atoms with Crippen LogP contribution in [0.15, 0.2) is 51.7 Å². The van der Waals surface area contributed by atoms with Crippen LogP contribution in [0.2, 0.25) is 0 Å². The number of hydrogen-bond acceptors (Lipinski definition) is 2. The zero-order valence-electron chi connectivity index (χ0n) is 10.9. The quantitative estimate of drug-likeness (QED) is 0.683. The van der Waals surface area contributed by atoms with E-state index in [1.807, 2.05) is 30.3 Å². The van der Waals surface area contributed by atoms with Gasteiger partial charge in [-0.3, -0.25) is 0 Å². The minimum atomic E-state index is -0.182. The lowest BCUT2D eigenvalue weighted by atomic mass is 10.1. The summed E-state index contributed by atoms with van der Waals surface area (Å²) in [5.41, 5.74) is 3.62. The van der Waals surface area contributed by atoms with E-state index in [1.165, 1.54) is 5.56 Å². The van der Waals surface area contributed by atoms with E-state index < -0.39 is 0 Å². The van der Waals surface area contributed by atoms with E-state index in [-0.39, 0.29) is 11.7 Å². The summed E-state index contributed by atoms with van der Waals surface area (Å²) in [5, 5.41) is 3.43. The van der Waals surface area contributed by atoms with Gasteiger partial charge in [-0.05, 0) is 42.8 Å². The Hall–Kier alpha value is -2.01. The van der Waals surface area contributed by atoms with Gasteiger partial charge >= 0.3 is 5.69 Å². The van der Waals surface area contributed by atoms with Gasteiger partial charge < -0.3 is 15.3 Å². The fourth-order valence-corrected chi connectivity index (χ4v) is 2.47. The van der Waals surface area contributed by atoms with Gasteiger partial charge in [0.1, 0.15) is 0 Å². The molecule has 5 heteroatoms. The highest BCUT2D eigenvalue weighted by Gasteiger charge is 2.06. The number of aromatic nitrogens is 2. The highest BCUT2D eigenvalue weighted by Crippen LogP contribution is 2.22. The van der Waals surface area contributed by atoms with Crippen LogP contribution in [0.5, 0.6) is 0 Å². The lowest BCUT2D eigenvalue weighted by Gasteiger charge is -2.15. The lowest BCUT2D eigenvalue weighted by molar-refractivity contribution is 0.885. The smallest absolute Gasteiger partial charge is 0.323 e. The average Bonchev–Trinajstić information content (AvgIpc) is 2.78. The number of nitrogens with one attached hydrogen (secondary N) is 3. The van der Waals surface area contributed by atoms with E-state index in [2.05, 4.69) is 50.3 Å². The van der Waals surface area contributed by atoms with E-state index in [1.54, 1.807) is 0 Å². The van der Waals surface area contributed by atoms with Crippen molar-refractivity contribution in [1.29, 1.82) is 0 Å². The fraction of sp³-hybridized carbons (Fsp3) is 0.133. The molecule has 0 bridgehead atoms. The van der Waals surface area contributed by atoms with Crippen LogP contribution < -0.4 is 11.0 Å². The van der Waals surface area contributed by atoms with Crippen LogP contribution in [0.3, 0.4) is 0 Å². The van der Waals surface area contributed by atoms with Crippen molar-refractivity contribution < 1.29 is 0 Å². The first-order chi connectivity index (χ1) is 9.61. The van der Waals surface area contributed by atoms with Gasteiger partial charge in [0.2, 0.25) is 0 Å². The molecular formula is C15H14BrN3O. The van der Waals surface area contributed by atoms with Gasteiger partial charge in [0.05, 0.1) is 11.0 Å². The van der Waals surface area contributed by atoms with E-state index >= 15 is 0 Å². The van der Waals surface area contributed by atoms with Gasteiger partial charge in [-0.25, -0.2) is 4.79 Å². The van der Waals surface area contributed by atoms with Gasteiger partial charge in [-0.15, -0.1) is 0 Å². The molecule has 1 aromatic heterocycles. The molecule has 0 aliphatic carbocycles. The molecule has 3 N–H and O–H groups in total. The number of hydrogen-bond donors (Lipinski definition) is 3. The summed E-state index contributed by atoms with van der Waals surface area (Å²) < 4.78 is 1.07. The van der Waals surface area contributed by atoms with Crippen LogP contribution in [0, 0.1) is 0 Å². The molecule has 1 heterocycles. The molecule has 3 rings (SSSR count). The number of H-pyrrole nitrogens is 2. The Morgan fingerprint density at radius 1 is 1.05 bits per heavy atom. The largest absolute Gasteiger partial charge is 0.378 e. The first-order valence-electron chi connectivity index (χ1n) is 6.36. The molecule has 0 amide bonds. The van der Waals surface area contributed by atoms with E-state index in [0.717, 1.165) is 21.2 Å². The Bertz CT molecular complexity index is 789. The topological polar surface area (TPSA) is 60.7 Å². The van der Waals surface area contributed by atoms with Crippen molar-refractivity contribution in [3.8, 4) is 0 Å². The Balaban J connectivity index is 1.84. The van der Waals surface area contributed by atoms with E-state index in [4.69, 9.17) is 0 Å². The monoisotopic (exact) mass is 331 g/mol. The number of fused-ring (bicyclic) bond motifs is 1. The third-order valence-electron chi connectivity index (χ3n) is 3.27. The molecule has 0 fully saturated rings. The zero-order chi connectivity index (χ0) is 14.1. The molecule has 0 radical (unpaired) electrons. The summed E-state index contributed by atoms with van der Waals surface area (Å²) in [6, 6.07) is 14.2. The summed E-state index contributed by atoms with van der Waals surface area (Å²) >= 11 is 3.43. The summed E-state index contributed by atoms with van der Waals surface area (Å²) in [6.07, 6.45) is 0. The van der Waals surface area contributed by atoms with E-state index in [0.29, 0.717) is 0 Å². The first kappa shape index (κ1) is 13.0. The minimum absolute atomic E-state index is 0.182. The molecule has 0 aliphatic rings. The van der Waals surface area contributed by atoms with Gasteiger partial charge in [-0.1, -0.05) is 28.1 Å². The lowest BCUT2D eigenvalue weighted by Crippen LogP contribution is -2.06. The van der Waals surface area contributed by atoms with Gasteiger partial charge in [0.25, 0.3) is 0 Å². The third-order valence-corrected chi connectivity index (χ3v) is 3.80. The molecule has 0 saturated carbocycles. The van der Waals surface area contributed by atoms with Gasteiger partial charge in [-0.2, -0.15) is 0 Å². The highest BCUT2D eigenvalue weighted by atomic mass is 79.9. The van der Waals surface area contributed by atoms with E-state index in [9.17, 15) is 4.79 Å². The molecule has 20 heavy (non-hydrogen) atoms. The van der Waals surface area contributed by atoms with Crippen molar-refractivity contribution in [2.45, 2.75) is 13.0 Å². The number of aromatic amines is 2. The second-order valence-electron chi connectivity index (χ2n) is 4.76. The van der Waals surface area contributed by atoms with Crippen molar-refractivity contribution >= 4 is 32.7 Å². The third kappa shape index (κ3) is 2.63. The Morgan fingerprint density at radius 3 is 2.50 bits per heavy atom. The zero-order valence-corrected chi connectivity index (χ0v) is 12.5. The number of anilines is 1. The second kappa shape index (κ2) is 5.17. The molecule has 102 valence electrons. The van der Waals surface area contributed by atoms with Crippen molar-refractivity contribution in [3.63, 3.8) is 0 Å². The number of benzene rings is 2. The summed E-state index contributed by atoms with van der Waals surface area (Å²) in [6.45, 7) is 2.10. The number of halogens is 1. The van der Waals surface area contributed by atoms with Crippen LogP contribution in [-0.4, -0.2) is 9.97 Å². The Labute approximate surface area is 124 Å². The predicted molar refractivity (Wildman–Crippen MR) is 85.1 cm³/mol. The molecular weight excluding hydrogens is 318 g/mol. The number of rotatable bonds is 3. The van der Waals surface area contributed by atoms with Crippen LogP contribution >= 0.6 is 15.9 Å². The summed E-state index contributed by atoms with van der Waals surface area (Å²) in [4.78, 5) is 16.7. The molecule has 0 saturated heterocycles. The highest BCUT2D eigenvalue weighted by molar-refractivity contribution is 9.10. The maximum absolute atomic E-state index is 11.2. The van der Waals surface area contributed by atoms with Crippen LogP contribution in [0.25, 0.3) is 11.0 Å². The number of imidazole rings is 1. The fourth-order valence-electron chi connectivity index (χ4n) is 2.21. The Kier molecular flexibility index (Phi) is 3.36. The minimum Gasteiger partial charge on any atom is -0.378 e. The van der Waals surface area contributed by atoms with Crippen LogP contribution in [-0.2, 0) is 0 Å². The van der Waals surface area contributed by atoms with Gasteiger partial charge in [0.15, 0.2) is 0 Å². The van der Waals surface area contributed by atoms with Crippen LogP contribution in [0.1, 0.15) is 18.5 Å². The average molecular weight is 332 g/mol. The molecule has 1 atom stereocenters. The first-order valence-corrected chi connectivity index (χ1v) is 7.15. The maximum atomic E-state index is 11.2. The standard InChI is InChI=1S/C15H14BrN3O/c1-9(10-2-4-11(16)5-3-10)17-12-6-7-13-14(8-12)19-15(20)18-13/h2-9,17H,1H3,(H2,18,19,20). The van der Waals surface area contributed by atoms with Crippen molar-refractivity contribution in [2.24, 2.45) is 0 Å². The van der Waals surface area contributed by atoms with Gasteiger partial charge in [0, 0.05) is 16.2 Å². The van der Waals surface area contributed by atoms with Crippen LogP contribution in [0.4, 0.5) is 5.69 Å². The summed E-state index contributed by atoms with van der Waals surface area (Å²) in [5.74, 6) is 0. The molecule has 0 spiro atoms. The maximum Gasteiger partial charge on any atom is 0.323 e. The molecule has 4 nitrogen and oxygen atoms in total.